The van der Waals surface area contributed by atoms with Crippen LogP contribution in [-0.4, -0.2) is 45.6 Å². The fourth-order valence-electron chi connectivity index (χ4n) is 2.56. The molecular formula is C14H21ClN4O2. The standard InChI is InChI=1S/C14H21ClN4O2/c1-8(2)12-11(13(15)18(4)17-12)14(21)19-6-5-16-10(20)7-9(19)3/h8-9H,5-7H2,1-4H3,(H,16,20). The quantitative estimate of drug-likeness (QED) is 0.901. The lowest BCUT2D eigenvalue weighted by molar-refractivity contribution is -0.121. The van der Waals surface area contributed by atoms with Gasteiger partial charge in [0.1, 0.15) is 5.15 Å². The van der Waals surface area contributed by atoms with Crippen LogP contribution < -0.4 is 5.32 Å². The van der Waals surface area contributed by atoms with E-state index >= 15 is 0 Å². The minimum absolute atomic E-state index is 0.0285. The Morgan fingerprint density at radius 2 is 2.14 bits per heavy atom. The van der Waals surface area contributed by atoms with Crippen LogP contribution >= 0.6 is 11.6 Å². The Kier molecular flexibility index (Phi) is 4.56. The molecule has 1 unspecified atom stereocenters. The summed E-state index contributed by atoms with van der Waals surface area (Å²) in [6.45, 7) is 6.78. The number of hydrogen-bond acceptors (Lipinski definition) is 3. The van der Waals surface area contributed by atoms with E-state index in [1.54, 1.807) is 11.9 Å². The van der Waals surface area contributed by atoms with Crippen LogP contribution in [0, 0.1) is 0 Å². The van der Waals surface area contributed by atoms with E-state index in [1.165, 1.54) is 4.68 Å². The maximum Gasteiger partial charge on any atom is 0.259 e. The smallest absolute Gasteiger partial charge is 0.259 e. The first-order chi connectivity index (χ1) is 9.82. The van der Waals surface area contributed by atoms with Gasteiger partial charge < -0.3 is 10.2 Å². The summed E-state index contributed by atoms with van der Waals surface area (Å²) < 4.78 is 1.52. The minimum atomic E-state index is -0.156. The number of hydrogen-bond donors (Lipinski definition) is 1. The van der Waals surface area contributed by atoms with Crippen molar-refractivity contribution in [2.45, 2.75) is 39.2 Å². The van der Waals surface area contributed by atoms with Crippen molar-refractivity contribution in [2.75, 3.05) is 13.1 Å². The second kappa shape index (κ2) is 6.05. The van der Waals surface area contributed by atoms with Crippen LogP contribution in [0.25, 0.3) is 0 Å². The molecule has 2 amide bonds. The molecule has 0 aromatic carbocycles. The summed E-state index contributed by atoms with van der Waals surface area (Å²) in [5.41, 5.74) is 1.15. The first-order valence-electron chi connectivity index (χ1n) is 7.13. The third-order valence-corrected chi connectivity index (χ3v) is 4.15. The van der Waals surface area contributed by atoms with Crippen molar-refractivity contribution in [3.63, 3.8) is 0 Å². The molecule has 1 atom stereocenters. The Morgan fingerprint density at radius 1 is 1.48 bits per heavy atom. The summed E-state index contributed by atoms with van der Waals surface area (Å²) in [6, 6.07) is -0.156. The molecule has 1 aliphatic rings. The molecule has 1 aliphatic heterocycles. The summed E-state index contributed by atoms with van der Waals surface area (Å²) >= 11 is 6.26. The van der Waals surface area contributed by atoms with Crippen LogP contribution in [0.3, 0.4) is 0 Å². The Balaban J connectivity index is 2.37. The third-order valence-electron chi connectivity index (χ3n) is 3.71. The zero-order chi connectivity index (χ0) is 15.7. The zero-order valence-electron chi connectivity index (χ0n) is 12.8. The van der Waals surface area contributed by atoms with E-state index in [1.807, 2.05) is 20.8 Å². The molecule has 1 saturated heterocycles. The Hall–Kier alpha value is -1.56. The van der Waals surface area contributed by atoms with Crippen LogP contribution in [-0.2, 0) is 11.8 Å². The number of rotatable bonds is 2. The fourth-order valence-corrected chi connectivity index (χ4v) is 2.77. The lowest BCUT2D eigenvalue weighted by Gasteiger charge is -2.26. The van der Waals surface area contributed by atoms with Crippen LogP contribution in [0.5, 0.6) is 0 Å². The molecule has 6 nitrogen and oxygen atoms in total. The van der Waals surface area contributed by atoms with Gasteiger partial charge in [-0.15, -0.1) is 0 Å². The van der Waals surface area contributed by atoms with Crippen LogP contribution in [0.1, 0.15) is 49.2 Å². The molecule has 0 saturated carbocycles. The summed E-state index contributed by atoms with van der Waals surface area (Å²) in [5, 5.41) is 7.47. The molecule has 1 aromatic rings. The van der Waals surface area contributed by atoms with Crippen molar-refractivity contribution in [3.8, 4) is 0 Å². The van der Waals surface area contributed by atoms with E-state index in [2.05, 4.69) is 10.4 Å². The average molecular weight is 313 g/mol. The molecule has 0 aliphatic carbocycles. The number of aryl methyl sites for hydroxylation is 1. The summed E-state index contributed by atoms with van der Waals surface area (Å²) in [5.74, 6) is -0.0790. The SMILES string of the molecule is CC(C)c1nn(C)c(Cl)c1C(=O)N1CCNC(=O)CC1C. The van der Waals surface area contributed by atoms with Gasteiger partial charge in [0.25, 0.3) is 5.91 Å². The average Bonchev–Trinajstić information content (AvgIpc) is 2.59. The van der Waals surface area contributed by atoms with E-state index in [9.17, 15) is 9.59 Å². The Labute approximate surface area is 129 Å². The Bertz CT molecular complexity index is 568. The van der Waals surface area contributed by atoms with E-state index in [4.69, 9.17) is 11.6 Å². The van der Waals surface area contributed by atoms with Gasteiger partial charge in [-0.05, 0) is 12.8 Å². The fraction of sp³-hybridized carbons (Fsp3) is 0.643. The van der Waals surface area contributed by atoms with Crippen molar-refractivity contribution in [1.82, 2.24) is 20.0 Å². The van der Waals surface area contributed by atoms with Gasteiger partial charge in [0.2, 0.25) is 5.91 Å². The highest BCUT2D eigenvalue weighted by atomic mass is 35.5. The van der Waals surface area contributed by atoms with Gasteiger partial charge in [-0.1, -0.05) is 25.4 Å². The van der Waals surface area contributed by atoms with Gasteiger partial charge in [0.15, 0.2) is 0 Å². The summed E-state index contributed by atoms with van der Waals surface area (Å²) in [4.78, 5) is 26.1. The molecule has 0 radical (unpaired) electrons. The lowest BCUT2D eigenvalue weighted by Crippen LogP contribution is -2.40. The molecule has 7 heteroatoms. The largest absolute Gasteiger partial charge is 0.354 e. The second-order valence-electron chi connectivity index (χ2n) is 5.73. The molecule has 1 N–H and O–H groups in total. The molecule has 21 heavy (non-hydrogen) atoms. The number of halogens is 1. The van der Waals surface area contributed by atoms with Gasteiger partial charge in [-0.25, -0.2) is 0 Å². The topological polar surface area (TPSA) is 67.2 Å². The molecule has 2 rings (SSSR count). The van der Waals surface area contributed by atoms with Crippen molar-refractivity contribution in [1.29, 1.82) is 0 Å². The number of nitrogens with one attached hydrogen (secondary N) is 1. The van der Waals surface area contributed by atoms with Crippen molar-refractivity contribution in [3.05, 3.63) is 16.4 Å². The summed E-state index contributed by atoms with van der Waals surface area (Å²) in [6.07, 6.45) is 0.306. The molecule has 0 spiro atoms. The first kappa shape index (κ1) is 15.8. The van der Waals surface area contributed by atoms with Gasteiger partial charge in [-0.3, -0.25) is 14.3 Å². The highest BCUT2D eigenvalue weighted by molar-refractivity contribution is 6.33. The lowest BCUT2D eigenvalue weighted by atomic mass is 10.0. The first-order valence-corrected chi connectivity index (χ1v) is 7.50. The molecule has 116 valence electrons. The highest BCUT2D eigenvalue weighted by Crippen LogP contribution is 2.27. The molecular weight excluding hydrogens is 292 g/mol. The summed E-state index contributed by atoms with van der Waals surface area (Å²) in [7, 11) is 1.72. The maximum absolute atomic E-state index is 12.9. The van der Waals surface area contributed by atoms with Crippen molar-refractivity contribution >= 4 is 23.4 Å². The van der Waals surface area contributed by atoms with Gasteiger partial charge in [-0.2, -0.15) is 5.10 Å². The highest BCUT2D eigenvalue weighted by Gasteiger charge is 2.31. The van der Waals surface area contributed by atoms with E-state index in [-0.39, 0.29) is 23.8 Å². The van der Waals surface area contributed by atoms with Crippen LogP contribution in [0.4, 0.5) is 0 Å². The normalized spacial score (nSPS) is 19.6. The number of amides is 2. The maximum atomic E-state index is 12.9. The van der Waals surface area contributed by atoms with Gasteiger partial charge in [0, 0.05) is 32.6 Å². The van der Waals surface area contributed by atoms with E-state index in [0.717, 1.165) is 0 Å². The van der Waals surface area contributed by atoms with Crippen molar-refractivity contribution in [2.24, 2.45) is 7.05 Å². The number of aromatic nitrogens is 2. The predicted molar refractivity (Wildman–Crippen MR) is 80.4 cm³/mol. The van der Waals surface area contributed by atoms with Crippen LogP contribution in [0.2, 0.25) is 5.15 Å². The molecule has 1 fully saturated rings. The number of carbonyl (C=O) groups excluding carboxylic acids is 2. The van der Waals surface area contributed by atoms with Crippen molar-refractivity contribution < 1.29 is 9.59 Å². The van der Waals surface area contributed by atoms with E-state index in [0.29, 0.717) is 35.9 Å². The predicted octanol–water partition coefficient (Wildman–Crippen LogP) is 1.55. The monoisotopic (exact) mass is 312 g/mol. The number of carbonyl (C=O) groups is 2. The van der Waals surface area contributed by atoms with E-state index < -0.39 is 0 Å². The molecule has 0 bridgehead atoms. The van der Waals surface area contributed by atoms with Crippen LogP contribution in [0.15, 0.2) is 0 Å². The number of nitrogens with zero attached hydrogens (tertiary/aromatic N) is 3. The minimum Gasteiger partial charge on any atom is -0.354 e. The second-order valence-corrected chi connectivity index (χ2v) is 6.09. The Morgan fingerprint density at radius 3 is 2.76 bits per heavy atom. The van der Waals surface area contributed by atoms with Gasteiger partial charge in [0.05, 0.1) is 11.3 Å². The zero-order valence-corrected chi connectivity index (χ0v) is 13.6. The van der Waals surface area contributed by atoms with Gasteiger partial charge >= 0.3 is 0 Å². The third kappa shape index (κ3) is 3.05. The molecule has 2 heterocycles. The molecule has 1 aromatic heterocycles.